The number of carbonyl (C=O) groups excluding carboxylic acids is 2. The van der Waals surface area contributed by atoms with Crippen LogP contribution in [0.1, 0.15) is 19.3 Å². The summed E-state index contributed by atoms with van der Waals surface area (Å²) < 4.78 is 11.0. The molecule has 1 heterocycles. The highest BCUT2D eigenvalue weighted by molar-refractivity contribution is 8.01. The second-order valence-electron chi connectivity index (χ2n) is 5.89. The SMILES string of the molecule is COc1ccc(OC)c(NC(=O)CSc2nnc(NC(=O)C3CCC3)s2)c1. The number of hydrogen-bond acceptors (Lipinski definition) is 8. The second-order valence-corrected chi connectivity index (χ2v) is 8.09. The van der Waals surface area contributed by atoms with E-state index >= 15 is 0 Å². The molecule has 1 aliphatic carbocycles. The Balaban J connectivity index is 1.51. The van der Waals surface area contributed by atoms with Gasteiger partial charge in [-0.1, -0.05) is 29.5 Å². The molecule has 0 aliphatic heterocycles. The van der Waals surface area contributed by atoms with Crippen LogP contribution in [0.15, 0.2) is 22.5 Å². The molecule has 1 aromatic heterocycles. The highest BCUT2D eigenvalue weighted by atomic mass is 32.2. The minimum absolute atomic E-state index is 0.00295. The fraction of sp³-hybridized carbons (Fsp3) is 0.412. The van der Waals surface area contributed by atoms with E-state index < -0.39 is 0 Å². The predicted octanol–water partition coefficient (Wildman–Crippen LogP) is 3.02. The molecule has 0 bridgehead atoms. The van der Waals surface area contributed by atoms with Gasteiger partial charge >= 0.3 is 0 Å². The zero-order valence-corrected chi connectivity index (χ0v) is 16.6. The van der Waals surface area contributed by atoms with Crippen molar-refractivity contribution in [1.82, 2.24) is 10.2 Å². The first-order valence-corrected chi connectivity index (χ1v) is 10.2. The van der Waals surface area contributed by atoms with E-state index in [2.05, 4.69) is 20.8 Å². The number of aromatic nitrogens is 2. The summed E-state index contributed by atoms with van der Waals surface area (Å²) in [6.45, 7) is 0. The first-order valence-electron chi connectivity index (χ1n) is 8.38. The first-order chi connectivity index (χ1) is 13.1. The topological polar surface area (TPSA) is 102 Å². The molecule has 2 N–H and O–H groups in total. The van der Waals surface area contributed by atoms with Crippen molar-refractivity contribution in [3.05, 3.63) is 18.2 Å². The third kappa shape index (κ3) is 5.10. The van der Waals surface area contributed by atoms with Gasteiger partial charge in [-0.05, 0) is 25.0 Å². The molecule has 0 saturated heterocycles. The quantitative estimate of drug-likeness (QED) is 0.511. The summed E-state index contributed by atoms with van der Waals surface area (Å²) in [6.07, 6.45) is 2.96. The molecule has 27 heavy (non-hydrogen) atoms. The van der Waals surface area contributed by atoms with E-state index in [0.717, 1.165) is 19.3 Å². The van der Waals surface area contributed by atoms with Crippen molar-refractivity contribution in [3.8, 4) is 11.5 Å². The van der Waals surface area contributed by atoms with E-state index in [0.29, 0.717) is 26.7 Å². The van der Waals surface area contributed by atoms with Crippen LogP contribution in [0.2, 0.25) is 0 Å². The Labute approximate surface area is 165 Å². The number of rotatable bonds is 8. The Kier molecular flexibility index (Phi) is 6.51. The lowest BCUT2D eigenvalue weighted by atomic mass is 9.85. The van der Waals surface area contributed by atoms with Gasteiger partial charge in [0, 0.05) is 12.0 Å². The second kappa shape index (κ2) is 9.05. The highest BCUT2D eigenvalue weighted by Crippen LogP contribution is 2.31. The van der Waals surface area contributed by atoms with E-state index in [-0.39, 0.29) is 23.5 Å². The van der Waals surface area contributed by atoms with Crippen LogP contribution in [0.25, 0.3) is 0 Å². The van der Waals surface area contributed by atoms with Crippen LogP contribution in [0.4, 0.5) is 10.8 Å². The molecule has 0 atom stereocenters. The van der Waals surface area contributed by atoms with Gasteiger partial charge in [-0.25, -0.2) is 0 Å². The van der Waals surface area contributed by atoms with E-state index in [1.807, 2.05) is 0 Å². The van der Waals surface area contributed by atoms with Crippen molar-refractivity contribution in [2.24, 2.45) is 5.92 Å². The van der Waals surface area contributed by atoms with Gasteiger partial charge in [0.2, 0.25) is 16.9 Å². The lowest BCUT2D eigenvalue weighted by molar-refractivity contribution is -0.122. The van der Waals surface area contributed by atoms with Crippen molar-refractivity contribution in [2.45, 2.75) is 23.6 Å². The third-order valence-corrected chi connectivity index (χ3v) is 6.09. The fourth-order valence-corrected chi connectivity index (χ4v) is 3.98. The van der Waals surface area contributed by atoms with Gasteiger partial charge in [-0.15, -0.1) is 10.2 Å². The van der Waals surface area contributed by atoms with Gasteiger partial charge in [0.25, 0.3) is 0 Å². The fourth-order valence-electron chi connectivity index (χ4n) is 2.42. The number of ether oxygens (including phenoxy) is 2. The molecule has 1 aromatic carbocycles. The van der Waals surface area contributed by atoms with Gasteiger partial charge < -0.3 is 20.1 Å². The minimum atomic E-state index is -0.207. The smallest absolute Gasteiger partial charge is 0.234 e. The van der Waals surface area contributed by atoms with Crippen molar-refractivity contribution < 1.29 is 19.1 Å². The van der Waals surface area contributed by atoms with E-state index in [9.17, 15) is 9.59 Å². The number of hydrogen-bond donors (Lipinski definition) is 2. The van der Waals surface area contributed by atoms with Crippen LogP contribution >= 0.6 is 23.1 Å². The Morgan fingerprint density at radius 3 is 2.70 bits per heavy atom. The van der Waals surface area contributed by atoms with Gasteiger partial charge in [-0.3, -0.25) is 9.59 Å². The number of anilines is 2. The zero-order chi connectivity index (χ0) is 19.2. The van der Waals surface area contributed by atoms with Crippen LogP contribution < -0.4 is 20.1 Å². The lowest BCUT2D eigenvalue weighted by Gasteiger charge is -2.23. The Hall–Kier alpha value is -2.33. The lowest BCUT2D eigenvalue weighted by Crippen LogP contribution is -2.27. The number of thioether (sulfide) groups is 1. The van der Waals surface area contributed by atoms with Crippen LogP contribution in [-0.4, -0.2) is 42.0 Å². The van der Waals surface area contributed by atoms with Crippen LogP contribution in [-0.2, 0) is 9.59 Å². The molecule has 0 radical (unpaired) electrons. The Morgan fingerprint density at radius 2 is 2.04 bits per heavy atom. The summed E-state index contributed by atoms with van der Waals surface area (Å²) in [5.74, 6) is 1.21. The Morgan fingerprint density at radius 1 is 1.22 bits per heavy atom. The van der Waals surface area contributed by atoms with E-state index in [4.69, 9.17) is 9.47 Å². The van der Waals surface area contributed by atoms with Gasteiger partial charge in [0.15, 0.2) is 4.34 Å². The molecular formula is C17H20N4O4S2. The molecule has 1 saturated carbocycles. The molecule has 3 rings (SSSR count). The number of benzene rings is 1. The molecule has 0 unspecified atom stereocenters. The van der Waals surface area contributed by atoms with E-state index in [1.54, 1.807) is 25.3 Å². The summed E-state index contributed by atoms with van der Waals surface area (Å²) in [4.78, 5) is 24.2. The molecule has 2 aromatic rings. The number of nitrogens with zero attached hydrogens (tertiary/aromatic N) is 2. The van der Waals surface area contributed by atoms with Crippen molar-refractivity contribution >= 4 is 45.7 Å². The molecule has 144 valence electrons. The zero-order valence-electron chi connectivity index (χ0n) is 15.0. The van der Waals surface area contributed by atoms with Crippen molar-refractivity contribution in [3.63, 3.8) is 0 Å². The van der Waals surface area contributed by atoms with Crippen molar-refractivity contribution in [2.75, 3.05) is 30.6 Å². The van der Waals surface area contributed by atoms with Crippen LogP contribution in [0, 0.1) is 5.92 Å². The maximum atomic E-state index is 12.2. The summed E-state index contributed by atoms with van der Waals surface area (Å²) in [7, 11) is 3.09. The summed E-state index contributed by atoms with van der Waals surface area (Å²) in [5.41, 5.74) is 0.535. The van der Waals surface area contributed by atoms with Crippen LogP contribution in [0.5, 0.6) is 11.5 Å². The average molecular weight is 409 g/mol. The minimum Gasteiger partial charge on any atom is -0.497 e. The van der Waals surface area contributed by atoms with Gasteiger partial charge in [0.1, 0.15) is 11.5 Å². The first kappa shape index (κ1) is 19.4. The summed E-state index contributed by atoms with van der Waals surface area (Å²) >= 11 is 2.52. The molecule has 8 nitrogen and oxygen atoms in total. The number of methoxy groups -OCH3 is 2. The maximum absolute atomic E-state index is 12.2. The largest absolute Gasteiger partial charge is 0.497 e. The van der Waals surface area contributed by atoms with E-state index in [1.165, 1.54) is 30.2 Å². The number of carbonyl (C=O) groups is 2. The van der Waals surface area contributed by atoms with Crippen molar-refractivity contribution in [1.29, 1.82) is 0 Å². The number of amides is 2. The molecule has 0 spiro atoms. The number of nitrogens with one attached hydrogen (secondary N) is 2. The average Bonchev–Trinajstić information content (AvgIpc) is 3.05. The third-order valence-electron chi connectivity index (χ3n) is 4.12. The highest BCUT2D eigenvalue weighted by Gasteiger charge is 2.26. The Bertz CT molecular complexity index is 823. The molecule has 2 amide bonds. The monoisotopic (exact) mass is 408 g/mol. The molecule has 10 heteroatoms. The standard InChI is InChI=1S/C17H20N4O4S2/c1-24-11-6-7-13(25-2)12(8-11)18-14(22)9-26-17-21-20-16(27-17)19-15(23)10-4-3-5-10/h6-8,10H,3-5,9H2,1-2H3,(H,18,22)(H,19,20,23). The summed E-state index contributed by atoms with van der Waals surface area (Å²) in [5, 5.41) is 14.0. The van der Waals surface area contributed by atoms with Gasteiger partial charge in [0.05, 0.1) is 25.7 Å². The normalized spacial score (nSPS) is 13.6. The predicted molar refractivity (Wildman–Crippen MR) is 105 cm³/mol. The molecule has 1 fully saturated rings. The summed E-state index contributed by atoms with van der Waals surface area (Å²) in [6, 6.07) is 5.17. The molecule has 1 aliphatic rings. The van der Waals surface area contributed by atoms with Crippen LogP contribution in [0.3, 0.4) is 0 Å². The maximum Gasteiger partial charge on any atom is 0.234 e. The van der Waals surface area contributed by atoms with Gasteiger partial charge in [-0.2, -0.15) is 0 Å². The molecular weight excluding hydrogens is 388 g/mol.